The van der Waals surface area contributed by atoms with E-state index in [-0.39, 0.29) is 0 Å². The van der Waals surface area contributed by atoms with Gasteiger partial charge in [-0.05, 0) is 47.7 Å². The number of carbonyl (C=O) groups is 1. The zero-order valence-corrected chi connectivity index (χ0v) is 12.9. The summed E-state index contributed by atoms with van der Waals surface area (Å²) in [6, 6.07) is 12.0. The number of hydrogen-bond donors (Lipinski definition) is 1. The van der Waals surface area contributed by atoms with Crippen molar-refractivity contribution in [1.82, 2.24) is 14.8 Å². The Hall–Kier alpha value is -2.95. The largest absolute Gasteiger partial charge is 0.364 e. The highest BCUT2D eigenvalue weighted by molar-refractivity contribution is 5.90. The summed E-state index contributed by atoms with van der Waals surface area (Å²) in [6.07, 6.45) is 6.23. The summed E-state index contributed by atoms with van der Waals surface area (Å²) in [5.41, 5.74) is 10.1. The van der Waals surface area contributed by atoms with Crippen LogP contribution < -0.4 is 5.73 Å². The molecule has 0 aliphatic rings. The molecular weight excluding hydrogens is 288 g/mol. The molecule has 0 atom stereocenters. The molecule has 0 fully saturated rings. The van der Waals surface area contributed by atoms with Crippen LogP contribution in [0, 0.1) is 6.92 Å². The molecule has 2 aromatic heterocycles. The van der Waals surface area contributed by atoms with Gasteiger partial charge in [0.15, 0.2) is 0 Å². The molecule has 0 saturated heterocycles. The van der Waals surface area contributed by atoms with Crippen LogP contribution in [0.4, 0.5) is 0 Å². The monoisotopic (exact) mass is 306 g/mol. The molecule has 0 saturated carbocycles. The van der Waals surface area contributed by atoms with Crippen molar-refractivity contribution in [3.63, 3.8) is 0 Å². The lowest BCUT2D eigenvalue weighted by atomic mass is 10.0. The summed E-state index contributed by atoms with van der Waals surface area (Å²) in [4.78, 5) is 15.1. The van der Waals surface area contributed by atoms with Crippen molar-refractivity contribution < 1.29 is 4.79 Å². The van der Waals surface area contributed by atoms with E-state index >= 15 is 0 Å². The van der Waals surface area contributed by atoms with Crippen LogP contribution in [-0.4, -0.2) is 20.7 Å². The topological polar surface area (TPSA) is 73.8 Å². The predicted molar refractivity (Wildman–Crippen MR) is 88.1 cm³/mol. The summed E-state index contributed by atoms with van der Waals surface area (Å²) >= 11 is 0. The maximum Gasteiger partial charge on any atom is 0.267 e. The fraction of sp³-hybridized carbons (Fsp3) is 0.167. The second-order valence-electron chi connectivity index (χ2n) is 5.62. The van der Waals surface area contributed by atoms with Crippen molar-refractivity contribution >= 4 is 5.91 Å². The molecule has 2 heterocycles. The Morgan fingerprint density at radius 3 is 2.52 bits per heavy atom. The van der Waals surface area contributed by atoms with Crippen molar-refractivity contribution in [2.24, 2.45) is 5.73 Å². The predicted octanol–water partition coefficient (Wildman–Crippen LogP) is 2.32. The minimum atomic E-state index is -0.503. The van der Waals surface area contributed by atoms with Crippen LogP contribution in [0.1, 0.15) is 32.7 Å². The summed E-state index contributed by atoms with van der Waals surface area (Å²) < 4.78 is 1.92. The second kappa shape index (κ2) is 6.44. The van der Waals surface area contributed by atoms with Gasteiger partial charge in [-0.3, -0.25) is 14.5 Å². The van der Waals surface area contributed by atoms with Crippen molar-refractivity contribution in [2.75, 3.05) is 0 Å². The van der Waals surface area contributed by atoms with Gasteiger partial charge in [-0.15, -0.1) is 0 Å². The number of amides is 1. The Labute approximate surface area is 134 Å². The van der Waals surface area contributed by atoms with Gasteiger partial charge < -0.3 is 5.73 Å². The van der Waals surface area contributed by atoms with E-state index in [0.29, 0.717) is 5.69 Å². The van der Waals surface area contributed by atoms with Crippen molar-refractivity contribution in [3.8, 4) is 0 Å². The lowest BCUT2D eigenvalue weighted by Crippen LogP contribution is -2.13. The molecule has 0 aliphatic carbocycles. The third-order valence-corrected chi connectivity index (χ3v) is 3.61. The summed E-state index contributed by atoms with van der Waals surface area (Å²) in [5.74, 6) is -0.503. The first-order valence-electron chi connectivity index (χ1n) is 7.42. The fourth-order valence-corrected chi connectivity index (χ4v) is 2.46. The SMILES string of the molecule is Cc1cnn(Cc2ccc(Cc3ccnc(C(N)=O)c3)cc2)c1. The summed E-state index contributed by atoms with van der Waals surface area (Å²) in [7, 11) is 0. The van der Waals surface area contributed by atoms with Crippen molar-refractivity contribution in [3.05, 3.63) is 82.9 Å². The van der Waals surface area contributed by atoms with E-state index in [1.54, 1.807) is 12.3 Å². The fourth-order valence-electron chi connectivity index (χ4n) is 2.46. The summed E-state index contributed by atoms with van der Waals surface area (Å²) in [6.45, 7) is 2.79. The molecule has 3 rings (SSSR count). The lowest BCUT2D eigenvalue weighted by molar-refractivity contribution is 0.0995. The Bertz CT molecular complexity index is 821. The van der Waals surface area contributed by atoms with Gasteiger partial charge in [0.1, 0.15) is 5.69 Å². The van der Waals surface area contributed by atoms with Gasteiger partial charge in [0.25, 0.3) is 5.91 Å². The van der Waals surface area contributed by atoms with E-state index in [2.05, 4.69) is 34.3 Å². The molecule has 23 heavy (non-hydrogen) atoms. The van der Waals surface area contributed by atoms with Crippen LogP contribution in [0.5, 0.6) is 0 Å². The number of rotatable bonds is 5. The lowest BCUT2D eigenvalue weighted by Gasteiger charge is -2.06. The molecule has 5 heteroatoms. The van der Waals surface area contributed by atoms with Gasteiger partial charge in [-0.2, -0.15) is 5.10 Å². The number of pyridine rings is 1. The molecule has 0 unspecified atom stereocenters. The first-order chi connectivity index (χ1) is 11.1. The second-order valence-corrected chi connectivity index (χ2v) is 5.62. The Morgan fingerprint density at radius 2 is 1.87 bits per heavy atom. The zero-order valence-electron chi connectivity index (χ0n) is 12.9. The summed E-state index contributed by atoms with van der Waals surface area (Å²) in [5, 5.41) is 4.29. The van der Waals surface area contributed by atoms with Crippen LogP contribution in [0.15, 0.2) is 55.0 Å². The molecule has 0 bridgehead atoms. The number of nitrogens with zero attached hydrogens (tertiary/aromatic N) is 3. The van der Waals surface area contributed by atoms with Crippen LogP contribution in [0.25, 0.3) is 0 Å². The Balaban J connectivity index is 1.70. The molecule has 0 aliphatic heterocycles. The number of carbonyl (C=O) groups excluding carboxylic acids is 1. The first kappa shape index (κ1) is 15.0. The average Bonchev–Trinajstić information content (AvgIpc) is 2.94. The first-order valence-corrected chi connectivity index (χ1v) is 7.42. The molecule has 0 spiro atoms. The van der Waals surface area contributed by atoms with E-state index in [1.165, 1.54) is 11.1 Å². The average molecular weight is 306 g/mol. The standard InChI is InChI=1S/C18H18N4O/c1-13-10-21-22(11-13)12-15-4-2-14(3-5-15)8-16-6-7-20-17(9-16)18(19)23/h2-7,9-11H,8,12H2,1H3,(H2,19,23). The maximum atomic E-state index is 11.2. The van der Waals surface area contributed by atoms with Gasteiger partial charge in [-0.1, -0.05) is 24.3 Å². The number of aromatic nitrogens is 3. The number of aryl methyl sites for hydroxylation is 1. The molecule has 5 nitrogen and oxygen atoms in total. The third kappa shape index (κ3) is 3.83. The van der Waals surface area contributed by atoms with Gasteiger partial charge in [0.2, 0.25) is 0 Å². The van der Waals surface area contributed by atoms with Crippen LogP contribution in [0.2, 0.25) is 0 Å². The van der Waals surface area contributed by atoms with E-state index in [9.17, 15) is 4.79 Å². The quantitative estimate of drug-likeness (QED) is 0.786. The van der Waals surface area contributed by atoms with Gasteiger partial charge in [0.05, 0.1) is 12.7 Å². The normalized spacial score (nSPS) is 10.7. The van der Waals surface area contributed by atoms with Gasteiger partial charge in [0, 0.05) is 12.4 Å². The molecular formula is C18H18N4O. The molecule has 0 radical (unpaired) electrons. The third-order valence-electron chi connectivity index (χ3n) is 3.61. The highest BCUT2D eigenvalue weighted by Gasteiger charge is 2.04. The number of hydrogen-bond acceptors (Lipinski definition) is 3. The van der Waals surface area contributed by atoms with Crippen LogP contribution in [0.3, 0.4) is 0 Å². The molecule has 3 aromatic rings. The minimum Gasteiger partial charge on any atom is -0.364 e. The van der Waals surface area contributed by atoms with Crippen LogP contribution in [-0.2, 0) is 13.0 Å². The minimum absolute atomic E-state index is 0.299. The Morgan fingerprint density at radius 1 is 1.13 bits per heavy atom. The smallest absolute Gasteiger partial charge is 0.267 e. The molecule has 1 aromatic carbocycles. The highest BCUT2D eigenvalue weighted by Crippen LogP contribution is 2.12. The molecule has 116 valence electrons. The van der Waals surface area contributed by atoms with Crippen LogP contribution >= 0.6 is 0 Å². The van der Waals surface area contributed by atoms with E-state index in [4.69, 9.17) is 5.73 Å². The Kier molecular flexibility index (Phi) is 4.19. The van der Waals surface area contributed by atoms with E-state index in [0.717, 1.165) is 24.1 Å². The van der Waals surface area contributed by atoms with Crippen molar-refractivity contribution in [2.45, 2.75) is 19.9 Å². The van der Waals surface area contributed by atoms with Gasteiger partial charge >= 0.3 is 0 Å². The van der Waals surface area contributed by atoms with Crippen molar-refractivity contribution in [1.29, 1.82) is 0 Å². The van der Waals surface area contributed by atoms with E-state index in [1.807, 2.05) is 30.1 Å². The maximum absolute atomic E-state index is 11.2. The highest BCUT2D eigenvalue weighted by atomic mass is 16.1. The number of nitrogens with two attached hydrogens (primary N) is 1. The molecule has 1 amide bonds. The molecule has 2 N–H and O–H groups in total. The van der Waals surface area contributed by atoms with E-state index < -0.39 is 5.91 Å². The zero-order chi connectivity index (χ0) is 16.2. The van der Waals surface area contributed by atoms with Gasteiger partial charge in [-0.25, -0.2) is 0 Å². The number of benzene rings is 1. The number of primary amides is 1.